The molecule has 13 heavy (non-hydrogen) atoms. The Hall–Kier alpha value is -0.340. The highest BCUT2D eigenvalue weighted by Gasteiger charge is 2.36. The van der Waals surface area contributed by atoms with Crippen LogP contribution in [0.3, 0.4) is 0 Å². The summed E-state index contributed by atoms with van der Waals surface area (Å²) in [6.45, 7) is 11.7. The van der Waals surface area contributed by atoms with Crippen molar-refractivity contribution in [1.29, 1.82) is 0 Å². The van der Waals surface area contributed by atoms with Crippen LogP contribution in [0.1, 0.15) is 27.2 Å². The maximum atomic E-state index is 3.78. The van der Waals surface area contributed by atoms with Gasteiger partial charge < -0.3 is 5.32 Å². The summed E-state index contributed by atoms with van der Waals surface area (Å²) in [5, 5.41) is 3.62. The molecule has 1 heterocycles. The van der Waals surface area contributed by atoms with E-state index in [1.807, 2.05) is 6.08 Å². The molecule has 1 aliphatic rings. The zero-order valence-electron chi connectivity index (χ0n) is 9.30. The topological polar surface area (TPSA) is 15.3 Å². The molecule has 0 radical (unpaired) electrons. The fraction of sp³-hybridized carbons (Fsp3) is 0.818. The van der Waals surface area contributed by atoms with Crippen molar-refractivity contribution >= 4 is 0 Å². The van der Waals surface area contributed by atoms with Crippen molar-refractivity contribution < 1.29 is 0 Å². The lowest BCUT2D eigenvalue weighted by molar-refractivity contribution is 0.0561. The van der Waals surface area contributed by atoms with Gasteiger partial charge >= 0.3 is 0 Å². The lowest BCUT2D eigenvalue weighted by atomic mass is 9.89. The fourth-order valence-electron chi connectivity index (χ4n) is 1.85. The first kappa shape index (κ1) is 10.7. The van der Waals surface area contributed by atoms with Crippen LogP contribution in [0.15, 0.2) is 12.7 Å². The molecule has 2 atom stereocenters. The molecule has 0 amide bonds. The maximum absolute atomic E-state index is 3.78. The monoisotopic (exact) mass is 182 g/mol. The minimum Gasteiger partial charge on any atom is -0.308 e. The highest BCUT2D eigenvalue weighted by Crippen LogP contribution is 2.22. The van der Waals surface area contributed by atoms with Crippen LogP contribution in [0.2, 0.25) is 0 Å². The molecule has 0 bridgehead atoms. The van der Waals surface area contributed by atoms with Gasteiger partial charge in [-0.3, -0.25) is 4.90 Å². The molecule has 1 saturated heterocycles. The largest absolute Gasteiger partial charge is 0.308 e. The summed E-state index contributed by atoms with van der Waals surface area (Å²) in [7, 11) is 2.20. The first-order valence-electron chi connectivity index (χ1n) is 5.06. The molecule has 2 heteroatoms. The van der Waals surface area contributed by atoms with Gasteiger partial charge in [0.25, 0.3) is 0 Å². The van der Waals surface area contributed by atoms with Crippen molar-refractivity contribution in [2.24, 2.45) is 0 Å². The van der Waals surface area contributed by atoms with E-state index in [-0.39, 0.29) is 5.54 Å². The first-order valence-corrected chi connectivity index (χ1v) is 5.06. The van der Waals surface area contributed by atoms with Crippen molar-refractivity contribution in [2.75, 3.05) is 13.6 Å². The first-order chi connectivity index (χ1) is 5.98. The molecular formula is C11H22N2. The average Bonchev–Trinajstić information content (AvgIpc) is 2.02. The van der Waals surface area contributed by atoms with E-state index in [1.54, 1.807) is 0 Å². The quantitative estimate of drug-likeness (QED) is 0.653. The Morgan fingerprint density at radius 1 is 1.62 bits per heavy atom. The van der Waals surface area contributed by atoms with Crippen molar-refractivity contribution in [3.05, 3.63) is 12.7 Å². The van der Waals surface area contributed by atoms with Gasteiger partial charge in [0, 0.05) is 24.2 Å². The normalized spacial score (nSPS) is 34.5. The third kappa shape index (κ3) is 2.12. The highest BCUT2D eigenvalue weighted by atomic mass is 15.3. The van der Waals surface area contributed by atoms with Crippen LogP contribution in [0.25, 0.3) is 0 Å². The van der Waals surface area contributed by atoms with E-state index in [4.69, 9.17) is 0 Å². The van der Waals surface area contributed by atoms with Crippen molar-refractivity contribution in [3.8, 4) is 0 Å². The molecule has 1 fully saturated rings. The summed E-state index contributed by atoms with van der Waals surface area (Å²) < 4.78 is 0. The van der Waals surface area contributed by atoms with Crippen LogP contribution in [-0.2, 0) is 0 Å². The second-order valence-corrected chi connectivity index (χ2v) is 4.64. The zero-order chi connectivity index (χ0) is 10.1. The van der Waals surface area contributed by atoms with E-state index in [0.29, 0.717) is 12.1 Å². The van der Waals surface area contributed by atoms with Crippen LogP contribution in [-0.4, -0.2) is 36.1 Å². The molecule has 0 aromatic heterocycles. The maximum Gasteiger partial charge on any atom is 0.0301 e. The predicted molar refractivity (Wildman–Crippen MR) is 57.9 cm³/mol. The van der Waals surface area contributed by atoms with Gasteiger partial charge in [-0.1, -0.05) is 6.08 Å². The predicted octanol–water partition coefficient (Wildman–Crippen LogP) is 1.63. The standard InChI is InChI=1S/C11H22N2/c1-6-7-10-8-13(5)11(3,4)9(2)12-10/h6,9-10,12H,1,7-8H2,2-5H3. The van der Waals surface area contributed by atoms with E-state index < -0.39 is 0 Å². The Morgan fingerprint density at radius 2 is 2.23 bits per heavy atom. The molecule has 76 valence electrons. The number of hydrogen-bond donors (Lipinski definition) is 1. The van der Waals surface area contributed by atoms with Gasteiger partial charge in [0.15, 0.2) is 0 Å². The molecule has 0 saturated carbocycles. The second-order valence-electron chi connectivity index (χ2n) is 4.64. The highest BCUT2D eigenvalue weighted by molar-refractivity contribution is 4.98. The lowest BCUT2D eigenvalue weighted by Gasteiger charge is -2.48. The SMILES string of the molecule is C=CCC1CN(C)C(C)(C)C(C)N1. The smallest absolute Gasteiger partial charge is 0.0301 e. The number of rotatable bonds is 2. The fourth-order valence-corrected chi connectivity index (χ4v) is 1.85. The average molecular weight is 182 g/mol. The summed E-state index contributed by atoms with van der Waals surface area (Å²) in [4.78, 5) is 2.43. The van der Waals surface area contributed by atoms with E-state index in [1.165, 1.54) is 0 Å². The number of nitrogens with zero attached hydrogens (tertiary/aromatic N) is 1. The van der Waals surface area contributed by atoms with Crippen LogP contribution in [0.5, 0.6) is 0 Å². The van der Waals surface area contributed by atoms with E-state index in [2.05, 4.69) is 44.6 Å². The van der Waals surface area contributed by atoms with Gasteiger partial charge in [0.1, 0.15) is 0 Å². The summed E-state index contributed by atoms with van der Waals surface area (Å²) >= 11 is 0. The number of piperazine rings is 1. The Kier molecular flexibility index (Phi) is 3.14. The van der Waals surface area contributed by atoms with Gasteiger partial charge in [-0.25, -0.2) is 0 Å². The van der Waals surface area contributed by atoms with E-state index in [0.717, 1.165) is 13.0 Å². The van der Waals surface area contributed by atoms with Crippen LogP contribution in [0.4, 0.5) is 0 Å². The van der Waals surface area contributed by atoms with Crippen molar-refractivity contribution in [2.45, 2.75) is 44.8 Å². The van der Waals surface area contributed by atoms with Crippen LogP contribution < -0.4 is 5.32 Å². The molecule has 0 aliphatic carbocycles. The van der Waals surface area contributed by atoms with Crippen molar-refractivity contribution in [3.63, 3.8) is 0 Å². The van der Waals surface area contributed by atoms with Gasteiger partial charge in [0.2, 0.25) is 0 Å². The summed E-state index contributed by atoms with van der Waals surface area (Å²) in [5.74, 6) is 0. The number of hydrogen-bond acceptors (Lipinski definition) is 2. The molecule has 0 aromatic rings. The Labute approximate surface area is 82.0 Å². The van der Waals surface area contributed by atoms with Crippen molar-refractivity contribution in [1.82, 2.24) is 10.2 Å². The van der Waals surface area contributed by atoms with Crippen LogP contribution >= 0.6 is 0 Å². The Bertz CT molecular complexity index is 173. The lowest BCUT2D eigenvalue weighted by Crippen LogP contribution is -2.65. The van der Waals surface area contributed by atoms with Gasteiger partial charge in [-0.15, -0.1) is 6.58 Å². The summed E-state index contributed by atoms with van der Waals surface area (Å²) in [6.07, 6.45) is 3.06. The Balaban J connectivity index is 2.61. The molecule has 0 aromatic carbocycles. The summed E-state index contributed by atoms with van der Waals surface area (Å²) in [5.41, 5.74) is 0.262. The van der Waals surface area contributed by atoms with Crippen LogP contribution in [0, 0.1) is 0 Å². The zero-order valence-corrected chi connectivity index (χ0v) is 9.30. The molecular weight excluding hydrogens is 160 g/mol. The summed E-state index contributed by atoms with van der Waals surface area (Å²) in [6, 6.07) is 1.11. The van der Waals surface area contributed by atoms with Gasteiger partial charge in [0.05, 0.1) is 0 Å². The van der Waals surface area contributed by atoms with E-state index >= 15 is 0 Å². The molecule has 1 N–H and O–H groups in total. The number of likely N-dealkylation sites (N-methyl/N-ethyl adjacent to an activating group) is 1. The molecule has 1 aliphatic heterocycles. The molecule has 2 unspecified atom stereocenters. The van der Waals surface area contributed by atoms with Gasteiger partial charge in [-0.05, 0) is 34.2 Å². The Morgan fingerprint density at radius 3 is 2.69 bits per heavy atom. The third-order valence-electron chi connectivity index (χ3n) is 3.47. The molecule has 2 nitrogen and oxygen atoms in total. The molecule has 1 rings (SSSR count). The minimum atomic E-state index is 0.262. The van der Waals surface area contributed by atoms with E-state index in [9.17, 15) is 0 Å². The third-order valence-corrected chi connectivity index (χ3v) is 3.47. The number of nitrogens with one attached hydrogen (secondary N) is 1. The minimum absolute atomic E-state index is 0.262. The second kappa shape index (κ2) is 3.81. The van der Waals surface area contributed by atoms with Gasteiger partial charge in [-0.2, -0.15) is 0 Å². The molecule has 0 spiro atoms.